The number of carbonyl (C=O) groups is 2. The lowest BCUT2D eigenvalue weighted by Gasteiger charge is -2.60. The second-order valence-corrected chi connectivity index (χ2v) is 7.66. The average Bonchev–Trinajstić information content (AvgIpc) is 2.83. The Morgan fingerprint density at radius 2 is 2.00 bits per heavy atom. The fourth-order valence-corrected chi connectivity index (χ4v) is 5.48. The molecular formula is C16H21N3O3. The van der Waals surface area contributed by atoms with Gasteiger partial charge in [-0.25, -0.2) is 0 Å². The van der Waals surface area contributed by atoms with Crippen molar-refractivity contribution in [3.05, 3.63) is 17.5 Å². The van der Waals surface area contributed by atoms with Crippen molar-refractivity contribution in [2.45, 2.75) is 51.0 Å². The molecule has 1 heterocycles. The van der Waals surface area contributed by atoms with Crippen LogP contribution in [-0.4, -0.2) is 22.5 Å². The molecule has 1 aromatic rings. The summed E-state index contributed by atoms with van der Waals surface area (Å²) in [5, 5.41) is 6.95. The summed E-state index contributed by atoms with van der Waals surface area (Å²) in [5.74, 6) is 1.20. The molecule has 6 heteroatoms. The predicted molar refractivity (Wildman–Crippen MR) is 77.7 cm³/mol. The maximum absolute atomic E-state index is 12.5. The SMILES string of the molecule is Cc1cc(C(=O)NC23CC4CC(C2)CC(C(N)=O)(C4)C3)no1. The van der Waals surface area contributed by atoms with Gasteiger partial charge in [-0.1, -0.05) is 5.16 Å². The zero-order valence-electron chi connectivity index (χ0n) is 12.7. The molecule has 4 aliphatic rings. The van der Waals surface area contributed by atoms with Crippen molar-refractivity contribution >= 4 is 11.8 Å². The Hall–Kier alpha value is -1.85. The molecule has 4 aliphatic carbocycles. The Balaban J connectivity index is 1.61. The minimum atomic E-state index is -0.420. The first kappa shape index (κ1) is 13.8. The van der Waals surface area contributed by atoms with E-state index in [1.54, 1.807) is 13.0 Å². The lowest BCUT2D eigenvalue weighted by atomic mass is 9.46. The summed E-state index contributed by atoms with van der Waals surface area (Å²) >= 11 is 0. The van der Waals surface area contributed by atoms with E-state index in [0.29, 0.717) is 29.7 Å². The Kier molecular flexibility index (Phi) is 2.72. The highest BCUT2D eigenvalue weighted by atomic mass is 16.5. The third kappa shape index (κ3) is 1.96. The molecule has 4 saturated carbocycles. The number of nitrogens with one attached hydrogen (secondary N) is 1. The Morgan fingerprint density at radius 1 is 1.32 bits per heavy atom. The summed E-state index contributed by atoms with van der Waals surface area (Å²) in [7, 11) is 0. The molecule has 1 aromatic heterocycles. The summed E-state index contributed by atoms with van der Waals surface area (Å²) in [6.07, 6.45) is 5.50. The average molecular weight is 303 g/mol. The third-order valence-corrected chi connectivity index (χ3v) is 5.82. The largest absolute Gasteiger partial charge is 0.369 e. The molecule has 0 saturated heterocycles. The fraction of sp³-hybridized carbons (Fsp3) is 0.688. The van der Waals surface area contributed by atoms with Gasteiger partial charge < -0.3 is 15.6 Å². The van der Waals surface area contributed by atoms with Crippen molar-refractivity contribution in [1.29, 1.82) is 0 Å². The summed E-state index contributed by atoms with van der Waals surface area (Å²) < 4.78 is 4.98. The van der Waals surface area contributed by atoms with E-state index in [0.717, 1.165) is 32.1 Å². The van der Waals surface area contributed by atoms with Crippen LogP contribution in [0.3, 0.4) is 0 Å². The van der Waals surface area contributed by atoms with Crippen LogP contribution in [0, 0.1) is 24.2 Å². The zero-order chi connectivity index (χ0) is 15.5. The van der Waals surface area contributed by atoms with Crippen LogP contribution in [0.1, 0.15) is 54.8 Å². The van der Waals surface area contributed by atoms with Gasteiger partial charge in [-0.05, 0) is 57.3 Å². The van der Waals surface area contributed by atoms with Crippen LogP contribution in [0.4, 0.5) is 0 Å². The van der Waals surface area contributed by atoms with Crippen LogP contribution in [0.25, 0.3) is 0 Å². The van der Waals surface area contributed by atoms with Crippen molar-refractivity contribution in [3.63, 3.8) is 0 Å². The lowest BCUT2D eigenvalue weighted by molar-refractivity contribution is -0.146. The van der Waals surface area contributed by atoms with Crippen LogP contribution in [-0.2, 0) is 4.79 Å². The van der Waals surface area contributed by atoms with Crippen LogP contribution in [0.5, 0.6) is 0 Å². The van der Waals surface area contributed by atoms with E-state index >= 15 is 0 Å². The molecular weight excluding hydrogens is 282 g/mol. The van der Waals surface area contributed by atoms with Gasteiger partial charge in [0.2, 0.25) is 5.91 Å². The molecule has 5 rings (SSSR count). The van der Waals surface area contributed by atoms with E-state index in [1.165, 1.54) is 0 Å². The molecule has 0 spiro atoms. The van der Waals surface area contributed by atoms with Crippen molar-refractivity contribution < 1.29 is 14.1 Å². The van der Waals surface area contributed by atoms with Gasteiger partial charge in [-0.2, -0.15) is 0 Å². The topological polar surface area (TPSA) is 98.2 Å². The Morgan fingerprint density at radius 3 is 2.55 bits per heavy atom. The van der Waals surface area contributed by atoms with Gasteiger partial charge in [-0.3, -0.25) is 9.59 Å². The van der Waals surface area contributed by atoms with E-state index in [-0.39, 0.29) is 17.4 Å². The molecule has 0 aromatic carbocycles. The second kappa shape index (κ2) is 4.33. The zero-order valence-corrected chi connectivity index (χ0v) is 12.7. The molecule has 6 nitrogen and oxygen atoms in total. The summed E-state index contributed by atoms with van der Waals surface area (Å²) in [6, 6.07) is 1.64. The molecule has 2 unspecified atom stereocenters. The number of carbonyl (C=O) groups excluding carboxylic acids is 2. The second-order valence-electron chi connectivity index (χ2n) is 7.66. The number of hydrogen-bond donors (Lipinski definition) is 2. The first-order valence-corrected chi connectivity index (χ1v) is 7.96. The van der Waals surface area contributed by atoms with E-state index < -0.39 is 5.41 Å². The summed E-state index contributed by atoms with van der Waals surface area (Å²) in [6.45, 7) is 1.76. The lowest BCUT2D eigenvalue weighted by Crippen LogP contribution is -2.65. The number of primary amides is 1. The molecule has 2 atom stereocenters. The van der Waals surface area contributed by atoms with Gasteiger partial charge in [0.05, 0.1) is 5.41 Å². The molecule has 0 radical (unpaired) electrons. The molecule has 4 fully saturated rings. The smallest absolute Gasteiger partial charge is 0.273 e. The molecule has 22 heavy (non-hydrogen) atoms. The summed E-state index contributed by atoms with van der Waals surface area (Å²) in [5.41, 5.74) is 5.30. The van der Waals surface area contributed by atoms with E-state index in [4.69, 9.17) is 10.3 Å². The number of amides is 2. The predicted octanol–water partition coefficient (Wildman–Crippen LogP) is 1.54. The maximum Gasteiger partial charge on any atom is 0.273 e. The van der Waals surface area contributed by atoms with Crippen LogP contribution < -0.4 is 11.1 Å². The fourth-order valence-electron chi connectivity index (χ4n) is 5.48. The Bertz CT molecular complexity index is 637. The highest BCUT2D eigenvalue weighted by Crippen LogP contribution is 2.61. The number of nitrogens with two attached hydrogens (primary N) is 1. The third-order valence-electron chi connectivity index (χ3n) is 5.82. The van der Waals surface area contributed by atoms with E-state index in [9.17, 15) is 9.59 Å². The number of nitrogens with zero attached hydrogens (tertiary/aromatic N) is 1. The van der Waals surface area contributed by atoms with Crippen LogP contribution in [0.15, 0.2) is 10.6 Å². The van der Waals surface area contributed by atoms with Gasteiger partial charge >= 0.3 is 0 Å². The highest BCUT2D eigenvalue weighted by Gasteiger charge is 2.60. The molecule has 0 aliphatic heterocycles. The monoisotopic (exact) mass is 303 g/mol. The standard InChI is InChI=1S/C16H21N3O3/c1-9-2-12(19-22-9)13(20)18-16-6-10-3-11(7-16)5-15(4-10,8-16)14(17)21/h2,10-11H,3-8H2,1H3,(H2,17,21)(H,18,20). The molecule has 118 valence electrons. The van der Waals surface area contributed by atoms with Crippen LogP contribution in [0.2, 0.25) is 0 Å². The van der Waals surface area contributed by atoms with Gasteiger partial charge in [0.25, 0.3) is 5.91 Å². The minimum absolute atomic E-state index is 0.197. The molecule has 3 N–H and O–H groups in total. The first-order chi connectivity index (χ1) is 10.4. The van der Waals surface area contributed by atoms with Gasteiger partial charge in [0.1, 0.15) is 5.76 Å². The van der Waals surface area contributed by atoms with Gasteiger partial charge in [0, 0.05) is 11.6 Å². The van der Waals surface area contributed by atoms with Gasteiger partial charge in [-0.15, -0.1) is 0 Å². The number of aromatic nitrogens is 1. The number of aryl methyl sites for hydroxylation is 1. The number of rotatable bonds is 3. The van der Waals surface area contributed by atoms with E-state index in [1.807, 2.05) is 0 Å². The number of hydrogen-bond acceptors (Lipinski definition) is 4. The summed E-state index contributed by atoms with van der Waals surface area (Å²) in [4.78, 5) is 24.5. The molecule has 2 amide bonds. The maximum atomic E-state index is 12.5. The Labute approximate surface area is 128 Å². The van der Waals surface area contributed by atoms with E-state index in [2.05, 4.69) is 10.5 Å². The normalized spacial score (nSPS) is 39.0. The molecule has 4 bridgehead atoms. The van der Waals surface area contributed by atoms with Crippen LogP contribution >= 0.6 is 0 Å². The first-order valence-electron chi connectivity index (χ1n) is 7.96. The van der Waals surface area contributed by atoms with Gasteiger partial charge in [0.15, 0.2) is 5.69 Å². The quantitative estimate of drug-likeness (QED) is 0.884. The highest BCUT2D eigenvalue weighted by molar-refractivity contribution is 5.93. The minimum Gasteiger partial charge on any atom is -0.369 e. The van der Waals surface area contributed by atoms with Crippen molar-refractivity contribution in [1.82, 2.24) is 10.5 Å². The van der Waals surface area contributed by atoms with Crippen molar-refractivity contribution in [2.75, 3.05) is 0 Å². The van der Waals surface area contributed by atoms with Crippen molar-refractivity contribution in [2.24, 2.45) is 23.0 Å². The van der Waals surface area contributed by atoms with Crippen molar-refractivity contribution in [3.8, 4) is 0 Å².